The highest BCUT2D eigenvalue weighted by molar-refractivity contribution is 8.00. The third kappa shape index (κ3) is 6.28. The molecule has 6 nitrogen and oxygen atoms in total. The molecule has 0 aromatic carbocycles. The largest absolute Gasteiger partial charge is 0.350 e. The van der Waals surface area contributed by atoms with Crippen LogP contribution in [0.4, 0.5) is 0 Å². The van der Waals surface area contributed by atoms with E-state index in [9.17, 15) is 14.4 Å². The van der Waals surface area contributed by atoms with Crippen molar-refractivity contribution in [3.05, 3.63) is 0 Å². The summed E-state index contributed by atoms with van der Waals surface area (Å²) in [5.74, 6) is 4.72. The van der Waals surface area contributed by atoms with E-state index >= 15 is 0 Å². The van der Waals surface area contributed by atoms with Crippen LogP contribution in [0.15, 0.2) is 0 Å². The first kappa shape index (κ1) is 25.1. The first-order valence-electron chi connectivity index (χ1n) is 11.4. The number of thioether (sulfide) groups is 3. The number of rotatable bonds is 12. The van der Waals surface area contributed by atoms with Gasteiger partial charge >= 0.3 is 0 Å². The van der Waals surface area contributed by atoms with Crippen LogP contribution in [0.3, 0.4) is 0 Å². The summed E-state index contributed by atoms with van der Waals surface area (Å²) in [5, 5.41) is 10.1. The van der Waals surface area contributed by atoms with Gasteiger partial charge in [-0.3, -0.25) is 14.4 Å². The molecule has 0 heterocycles. The van der Waals surface area contributed by atoms with Gasteiger partial charge in [-0.15, -0.1) is 0 Å². The summed E-state index contributed by atoms with van der Waals surface area (Å²) >= 11 is 4.88. The number of nitrogens with one attached hydrogen (secondary N) is 3. The van der Waals surface area contributed by atoms with Crippen LogP contribution in [0, 0.1) is 5.92 Å². The Morgan fingerprint density at radius 3 is 1.19 bits per heavy atom. The molecule has 176 valence electrons. The van der Waals surface area contributed by atoms with Gasteiger partial charge in [0.05, 0.1) is 17.3 Å². The lowest BCUT2D eigenvalue weighted by molar-refractivity contribution is -0.136. The molecule has 0 aromatic rings. The van der Waals surface area contributed by atoms with E-state index in [0.29, 0.717) is 23.2 Å². The molecule has 0 spiro atoms. The quantitative estimate of drug-likeness (QED) is 0.392. The fourth-order valence-corrected chi connectivity index (χ4v) is 7.82. The van der Waals surface area contributed by atoms with Gasteiger partial charge in [-0.25, -0.2) is 0 Å². The summed E-state index contributed by atoms with van der Waals surface area (Å²) in [5.41, 5.74) is -1.04. The Balaban J connectivity index is 1.82. The Labute approximate surface area is 199 Å². The highest BCUT2D eigenvalue weighted by Crippen LogP contribution is 2.59. The Hall–Kier alpha value is -0.540. The lowest BCUT2D eigenvalue weighted by atomic mass is 9.47. The highest BCUT2D eigenvalue weighted by atomic mass is 32.2. The highest BCUT2D eigenvalue weighted by Gasteiger charge is 2.64. The lowest BCUT2D eigenvalue weighted by Crippen LogP contribution is -2.77. The summed E-state index contributed by atoms with van der Waals surface area (Å²) in [4.78, 5) is 38.1. The zero-order chi connectivity index (χ0) is 22.5. The van der Waals surface area contributed by atoms with Crippen molar-refractivity contribution in [1.82, 2.24) is 16.0 Å². The zero-order valence-electron chi connectivity index (χ0n) is 19.0. The van der Waals surface area contributed by atoms with Crippen molar-refractivity contribution in [2.45, 2.75) is 75.9 Å². The minimum Gasteiger partial charge on any atom is -0.350 e. The van der Waals surface area contributed by atoms with Gasteiger partial charge < -0.3 is 16.0 Å². The van der Waals surface area contributed by atoms with Crippen molar-refractivity contribution in [2.75, 3.05) is 34.5 Å². The van der Waals surface area contributed by atoms with E-state index < -0.39 is 0 Å². The van der Waals surface area contributed by atoms with E-state index in [0.717, 1.165) is 55.8 Å². The molecule has 0 unspecified atom stereocenters. The van der Waals surface area contributed by atoms with Crippen LogP contribution < -0.4 is 16.0 Å². The van der Waals surface area contributed by atoms with Crippen molar-refractivity contribution in [3.63, 3.8) is 0 Å². The third-order valence-electron chi connectivity index (χ3n) is 6.59. The van der Waals surface area contributed by atoms with Gasteiger partial charge in [0.15, 0.2) is 0 Å². The molecule has 4 rings (SSSR count). The van der Waals surface area contributed by atoms with Crippen LogP contribution in [0.1, 0.15) is 59.3 Å². The minimum absolute atomic E-state index is 0.0693. The average molecular weight is 488 g/mol. The first-order chi connectivity index (χ1) is 14.8. The first-order valence-corrected chi connectivity index (χ1v) is 14.9. The van der Waals surface area contributed by atoms with E-state index in [1.165, 1.54) is 0 Å². The molecule has 0 aromatic heterocycles. The molecule has 4 aliphatic rings. The predicted molar refractivity (Wildman–Crippen MR) is 133 cm³/mol. The summed E-state index contributed by atoms with van der Waals surface area (Å²) in [6, 6.07) is 0. The second kappa shape index (κ2) is 10.6. The molecule has 0 atom stereocenters. The summed E-state index contributed by atoms with van der Waals surface area (Å²) in [7, 11) is 0. The number of carbonyl (C=O) groups is 3. The van der Waals surface area contributed by atoms with Gasteiger partial charge in [0, 0.05) is 16.6 Å². The minimum atomic E-state index is -0.346. The smallest absolute Gasteiger partial charge is 0.230 e. The maximum atomic E-state index is 12.7. The fraction of sp³-hybridized carbons (Fsp3) is 0.864. The SMILES string of the molecule is CCSCC(=O)NC12CC3CC(NC(=O)CSCC)(C1)CC(NC(=O)CSCC)(C3)C2. The molecule has 4 bridgehead atoms. The van der Waals surface area contributed by atoms with Crippen LogP contribution in [-0.4, -0.2) is 68.9 Å². The second-order valence-electron chi connectivity index (χ2n) is 9.41. The van der Waals surface area contributed by atoms with Crippen LogP contribution >= 0.6 is 35.3 Å². The molecular formula is C22H37N3O3S3. The fourth-order valence-electron chi connectivity index (χ4n) is 6.44. The van der Waals surface area contributed by atoms with E-state index in [-0.39, 0.29) is 34.3 Å². The Morgan fingerprint density at radius 2 is 0.935 bits per heavy atom. The van der Waals surface area contributed by atoms with Crippen LogP contribution in [0.25, 0.3) is 0 Å². The molecule has 0 aliphatic heterocycles. The Bertz CT molecular complexity index is 592. The van der Waals surface area contributed by atoms with Gasteiger partial charge in [-0.1, -0.05) is 20.8 Å². The molecule has 4 aliphatic carbocycles. The van der Waals surface area contributed by atoms with E-state index in [4.69, 9.17) is 0 Å². The van der Waals surface area contributed by atoms with Crippen LogP contribution in [0.2, 0.25) is 0 Å². The Kier molecular flexibility index (Phi) is 8.57. The molecule has 3 amide bonds. The maximum absolute atomic E-state index is 12.7. The summed E-state index contributed by atoms with van der Waals surface area (Å²) in [6.07, 6.45) is 5.13. The van der Waals surface area contributed by atoms with E-state index in [1.54, 1.807) is 35.3 Å². The number of carbonyl (C=O) groups excluding carboxylic acids is 3. The topological polar surface area (TPSA) is 87.3 Å². The van der Waals surface area contributed by atoms with E-state index in [1.807, 2.05) is 0 Å². The van der Waals surface area contributed by atoms with Crippen LogP contribution in [0.5, 0.6) is 0 Å². The normalized spacial score (nSPS) is 33.2. The van der Waals surface area contributed by atoms with Gasteiger partial charge in [-0.2, -0.15) is 35.3 Å². The maximum Gasteiger partial charge on any atom is 0.230 e. The average Bonchev–Trinajstić information content (AvgIpc) is 2.67. The van der Waals surface area contributed by atoms with Crippen molar-refractivity contribution >= 4 is 53.0 Å². The third-order valence-corrected chi connectivity index (χ3v) is 9.22. The van der Waals surface area contributed by atoms with Gasteiger partial charge in [-0.05, 0) is 61.7 Å². The number of amides is 3. The summed E-state index contributed by atoms with van der Waals surface area (Å²) in [6.45, 7) is 6.17. The molecular weight excluding hydrogens is 450 g/mol. The monoisotopic (exact) mass is 487 g/mol. The Morgan fingerprint density at radius 1 is 0.645 bits per heavy atom. The van der Waals surface area contributed by atoms with Crippen molar-refractivity contribution < 1.29 is 14.4 Å². The molecule has 4 saturated carbocycles. The van der Waals surface area contributed by atoms with Gasteiger partial charge in [0.2, 0.25) is 17.7 Å². The van der Waals surface area contributed by atoms with Gasteiger partial charge in [0.25, 0.3) is 0 Å². The summed E-state index contributed by atoms with van der Waals surface area (Å²) < 4.78 is 0. The molecule has 0 saturated heterocycles. The van der Waals surface area contributed by atoms with E-state index in [2.05, 4.69) is 36.7 Å². The van der Waals surface area contributed by atoms with Crippen molar-refractivity contribution in [1.29, 1.82) is 0 Å². The molecule has 9 heteroatoms. The van der Waals surface area contributed by atoms with Crippen molar-refractivity contribution in [3.8, 4) is 0 Å². The zero-order valence-corrected chi connectivity index (χ0v) is 21.5. The van der Waals surface area contributed by atoms with Crippen molar-refractivity contribution in [2.24, 2.45) is 5.92 Å². The molecule has 0 radical (unpaired) electrons. The number of hydrogen-bond acceptors (Lipinski definition) is 6. The molecule has 4 fully saturated rings. The lowest BCUT2D eigenvalue weighted by Gasteiger charge is -2.66. The van der Waals surface area contributed by atoms with Gasteiger partial charge in [0.1, 0.15) is 0 Å². The van der Waals surface area contributed by atoms with Crippen LogP contribution in [-0.2, 0) is 14.4 Å². The standard InChI is InChI=1S/C22H37N3O3S3/c1-4-29-10-17(26)23-20-7-16-8-21(13-20,24-18(27)11-30-5-2)15-22(9-16,14-20)25-19(28)12-31-6-3/h16H,4-15H2,1-3H3,(H,23,26)(H,24,27)(H,25,28). The predicted octanol–water partition coefficient (Wildman–Crippen LogP) is 2.81. The molecule has 3 N–H and O–H groups in total. The molecule has 31 heavy (non-hydrogen) atoms. The second-order valence-corrected chi connectivity index (χ2v) is 13.2. The number of hydrogen-bond donors (Lipinski definition) is 3.